The van der Waals surface area contributed by atoms with Gasteiger partial charge in [-0.2, -0.15) is 0 Å². The lowest BCUT2D eigenvalue weighted by atomic mass is 10.0. The third kappa shape index (κ3) is 9.36. The lowest BCUT2D eigenvalue weighted by molar-refractivity contribution is -0.140. The van der Waals surface area contributed by atoms with Gasteiger partial charge in [0.25, 0.3) is 0 Å². The summed E-state index contributed by atoms with van der Waals surface area (Å²) in [4.78, 5) is 29.1. The summed E-state index contributed by atoms with van der Waals surface area (Å²) in [5, 5.41) is 3.96. The molecule has 3 rings (SSSR count). The number of rotatable bonds is 12. The number of hydrogen-bond acceptors (Lipinski definition) is 4. The number of amides is 2. The van der Waals surface area contributed by atoms with Gasteiger partial charge < -0.3 is 10.2 Å². The van der Waals surface area contributed by atoms with Crippen molar-refractivity contribution >= 4 is 62.3 Å². The molecule has 0 unspecified atom stereocenters. The second-order valence-corrected chi connectivity index (χ2v) is 13.4. The highest BCUT2D eigenvalue weighted by Crippen LogP contribution is 2.27. The average Bonchev–Trinajstić information content (AvgIpc) is 2.91. The fourth-order valence-electron chi connectivity index (χ4n) is 4.16. The minimum absolute atomic E-state index is 0.00538. The maximum atomic E-state index is 14.1. The van der Waals surface area contributed by atoms with E-state index in [1.54, 1.807) is 37.3 Å². The fraction of sp³-hybridized carbons (Fsp3) is 0.333. The third-order valence-electron chi connectivity index (χ3n) is 6.42. The highest BCUT2D eigenvalue weighted by molar-refractivity contribution is 7.92. The number of hydrogen-bond donors (Lipinski definition) is 1. The number of nitrogens with one attached hydrogen (secondary N) is 1. The van der Waals surface area contributed by atoms with Crippen LogP contribution in [0.15, 0.2) is 66.7 Å². The van der Waals surface area contributed by atoms with Crippen LogP contribution in [0.4, 0.5) is 5.69 Å². The van der Waals surface area contributed by atoms with Gasteiger partial charge in [-0.3, -0.25) is 13.9 Å². The Kier molecular flexibility index (Phi) is 11.5. The lowest BCUT2D eigenvalue weighted by Gasteiger charge is -2.33. The normalized spacial score (nSPS) is 12.2. The van der Waals surface area contributed by atoms with Crippen LogP contribution in [0.25, 0.3) is 0 Å². The summed E-state index contributed by atoms with van der Waals surface area (Å²) in [7, 11) is -3.90. The highest BCUT2D eigenvalue weighted by atomic mass is 35.5. The first-order valence-corrected chi connectivity index (χ1v) is 16.0. The molecule has 0 spiro atoms. The number of anilines is 1. The van der Waals surface area contributed by atoms with E-state index < -0.39 is 28.5 Å². The van der Waals surface area contributed by atoms with E-state index >= 15 is 0 Å². The Hall–Kier alpha value is -2.78. The molecule has 0 radical (unpaired) electrons. The second kappa shape index (κ2) is 14.4. The standard InChI is InChI=1S/C30H34Cl3N3O4S/c1-20(2)17-34-30(38)28(15-22-8-6-5-7-9-22)35(18-23-11-13-25(31)27(33)14-23)29(37)19-36(41(4,39)40)24-12-10-21(3)26(32)16-24/h5-14,16,20,28H,15,17-19H2,1-4H3,(H,34,38)/t28-/m1/s1. The summed E-state index contributed by atoms with van der Waals surface area (Å²) in [6.07, 6.45) is 1.24. The van der Waals surface area contributed by atoms with Crippen molar-refractivity contribution in [2.45, 2.75) is 39.8 Å². The fourth-order valence-corrected chi connectivity index (χ4v) is 5.50. The van der Waals surface area contributed by atoms with Crippen molar-refractivity contribution in [1.29, 1.82) is 0 Å². The number of carbonyl (C=O) groups is 2. The molecule has 11 heteroatoms. The highest BCUT2D eigenvalue weighted by Gasteiger charge is 2.33. The Morgan fingerprint density at radius 3 is 2.15 bits per heavy atom. The predicted molar refractivity (Wildman–Crippen MR) is 167 cm³/mol. The molecule has 0 bridgehead atoms. The first kappa shape index (κ1) is 32.7. The van der Waals surface area contributed by atoms with Crippen LogP contribution < -0.4 is 9.62 Å². The quantitative estimate of drug-likeness (QED) is 0.259. The number of aryl methyl sites for hydroxylation is 1. The van der Waals surface area contributed by atoms with E-state index in [0.717, 1.165) is 21.7 Å². The summed E-state index contributed by atoms with van der Waals surface area (Å²) >= 11 is 18.7. The summed E-state index contributed by atoms with van der Waals surface area (Å²) < 4.78 is 26.8. The van der Waals surface area contributed by atoms with E-state index in [0.29, 0.717) is 27.2 Å². The van der Waals surface area contributed by atoms with Gasteiger partial charge in [0.05, 0.1) is 22.0 Å². The molecule has 220 valence electrons. The topological polar surface area (TPSA) is 86.8 Å². The van der Waals surface area contributed by atoms with Crippen LogP contribution in [0.2, 0.25) is 15.1 Å². The van der Waals surface area contributed by atoms with E-state index in [9.17, 15) is 18.0 Å². The number of nitrogens with zero attached hydrogens (tertiary/aromatic N) is 2. The molecular weight excluding hydrogens is 605 g/mol. The van der Waals surface area contributed by atoms with Crippen LogP contribution in [0.5, 0.6) is 0 Å². The molecule has 3 aromatic rings. The molecule has 1 N–H and O–H groups in total. The molecule has 0 fully saturated rings. The Morgan fingerprint density at radius 1 is 0.878 bits per heavy atom. The summed E-state index contributed by atoms with van der Waals surface area (Å²) in [6, 6.07) is 18.1. The van der Waals surface area contributed by atoms with Crippen molar-refractivity contribution in [2.75, 3.05) is 23.7 Å². The molecule has 0 aromatic heterocycles. The van der Waals surface area contributed by atoms with Crippen molar-refractivity contribution in [1.82, 2.24) is 10.2 Å². The van der Waals surface area contributed by atoms with Gasteiger partial charge in [-0.05, 0) is 53.8 Å². The Morgan fingerprint density at radius 2 is 1.56 bits per heavy atom. The maximum absolute atomic E-state index is 14.1. The zero-order chi connectivity index (χ0) is 30.3. The molecule has 0 heterocycles. The van der Waals surface area contributed by atoms with Gasteiger partial charge in [-0.15, -0.1) is 0 Å². The number of sulfonamides is 1. The lowest BCUT2D eigenvalue weighted by Crippen LogP contribution is -2.53. The molecule has 3 aromatic carbocycles. The minimum Gasteiger partial charge on any atom is -0.354 e. The van der Waals surface area contributed by atoms with Crippen LogP contribution in [-0.2, 0) is 32.6 Å². The second-order valence-electron chi connectivity index (χ2n) is 10.3. The van der Waals surface area contributed by atoms with E-state index in [-0.39, 0.29) is 30.5 Å². The van der Waals surface area contributed by atoms with Gasteiger partial charge in [0.1, 0.15) is 12.6 Å². The summed E-state index contributed by atoms with van der Waals surface area (Å²) in [6.45, 7) is 5.61. The van der Waals surface area contributed by atoms with Crippen molar-refractivity contribution < 1.29 is 18.0 Å². The van der Waals surface area contributed by atoms with Crippen molar-refractivity contribution in [3.63, 3.8) is 0 Å². The van der Waals surface area contributed by atoms with Gasteiger partial charge in [0.15, 0.2) is 0 Å². The largest absolute Gasteiger partial charge is 0.354 e. The smallest absolute Gasteiger partial charge is 0.244 e. The van der Waals surface area contributed by atoms with Crippen molar-refractivity contribution in [3.8, 4) is 0 Å². The van der Waals surface area contributed by atoms with Crippen molar-refractivity contribution in [2.24, 2.45) is 5.92 Å². The molecular formula is C30H34Cl3N3O4S. The first-order valence-electron chi connectivity index (χ1n) is 13.0. The molecule has 1 atom stereocenters. The zero-order valence-corrected chi connectivity index (χ0v) is 26.5. The number of carbonyl (C=O) groups excluding carboxylic acids is 2. The van der Waals surface area contributed by atoms with Gasteiger partial charge in [0, 0.05) is 24.5 Å². The molecule has 0 saturated carbocycles. The average molecular weight is 639 g/mol. The Labute approximate surface area is 257 Å². The van der Waals surface area contributed by atoms with Gasteiger partial charge in [-0.25, -0.2) is 8.42 Å². The molecule has 0 aliphatic carbocycles. The molecule has 2 amide bonds. The predicted octanol–water partition coefficient (Wildman–Crippen LogP) is 6.13. The van der Waals surface area contributed by atoms with E-state index in [2.05, 4.69) is 5.32 Å². The van der Waals surface area contributed by atoms with Crippen LogP contribution in [0, 0.1) is 12.8 Å². The Bertz CT molecular complexity index is 1480. The minimum atomic E-state index is -3.90. The zero-order valence-electron chi connectivity index (χ0n) is 23.4. The number of benzene rings is 3. The van der Waals surface area contributed by atoms with E-state index in [1.165, 1.54) is 11.0 Å². The van der Waals surface area contributed by atoms with Gasteiger partial charge in [0.2, 0.25) is 21.8 Å². The molecule has 0 aliphatic rings. The number of halogens is 3. The van der Waals surface area contributed by atoms with Gasteiger partial charge >= 0.3 is 0 Å². The molecule has 0 saturated heterocycles. The van der Waals surface area contributed by atoms with E-state index in [1.807, 2.05) is 44.2 Å². The SMILES string of the molecule is Cc1ccc(N(CC(=O)N(Cc2ccc(Cl)c(Cl)c2)[C@H](Cc2ccccc2)C(=O)NCC(C)C)S(C)(=O)=O)cc1Cl. The monoisotopic (exact) mass is 637 g/mol. The van der Waals surface area contributed by atoms with Crippen molar-refractivity contribution in [3.05, 3.63) is 98.5 Å². The van der Waals surface area contributed by atoms with Gasteiger partial charge in [-0.1, -0.05) is 91.1 Å². The first-order chi connectivity index (χ1) is 19.3. The van der Waals surface area contributed by atoms with Crippen LogP contribution in [-0.4, -0.2) is 50.5 Å². The van der Waals surface area contributed by atoms with E-state index in [4.69, 9.17) is 34.8 Å². The molecule has 7 nitrogen and oxygen atoms in total. The molecule has 0 aliphatic heterocycles. The Balaban J connectivity index is 2.07. The van der Waals surface area contributed by atoms with Crippen LogP contribution in [0.1, 0.15) is 30.5 Å². The maximum Gasteiger partial charge on any atom is 0.244 e. The summed E-state index contributed by atoms with van der Waals surface area (Å²) in [5.41, 5.74) is 2.48. The third-order valence-corrected chi connectivity index (χ3v) is 8.70. The van der Waals surface area contributed by atoms with Crippen LogP contribution in [0.3, 0.4) is 0 Å². The van der Waals surface area contributed by atoms with Crippen LogP contribution >= 0.6 is 34.8 Å². The summed E-state index contributed by atoms with van der Waals surface area (Å²) in [5.74, 6) is -0.735. The molecule has 41 heavy (non-hydrogen) atoms.